The number of aromatic nitrogens is 2. The lowest BCUT2D eigenvalue weighted by Crippen LogP contribution is -2.50. The summed E-state index contributed by atoms with van der Waals surface area (Å²) in [5.41, 5.74) is 0.774. The molecule has 0 unspecified atom stereocenters. The Kier molecular flexibility index (Phi) is 6.03. The van der Waals surface area contributed by atoms with E-state index in [1.807, 2.05) is 0 Å². The number of hydrogen-bond acceptors (Lipinski definition) is 6. The lowest BCUT2D eigenvalue weighted by molar-refractivity contribution is 0.0565. The lowest BCUT2D eigenvalue weighted by atomic mass is 10.2. The Hall–Kier alpha value is -3.23. The van der Waals surface area contributed by atoms with E-state index in [4.69, 9.17) is 4.74 Å². The van der Waals surface area contributed by atoms with E-state index < -0.39 is 0 Å². The first-order valence-corrected chi connectivity index (χ1v) is 9.05. The number of halogens is 1. The van der Waals surface area contributed by atoms with E-state index in [0.29, 0.717) is 50.1 Å². The highest BCUT2D eigenvalue weighted by atomic mass is 19.1. The van der Waals surface area contributed by atoms with E-state index in [1.54, 1.807) is 35.8 Å². The van der Waals surface area contributed by atoms with E-state index in [1.165, 1.54) is 18.2 Å². The fraction of sp³-hybridized carbons (Fsp3) is 0.368. The van der Waals surface area contributed by atoms with Crippen LogP contribution in [0.25, 0.3) is 0 Å². The molecule has 8 nitrogen and oxygen atoms in total. The Morgan fingerprint density at radius 3 is 2.54 bits per heavy atom. The van der Waals surface area contributed by atoms with Crippen LogP contribution < -0.4 is 5.32 Å². The van der Waals surface area contributed by atoms with Gasteiger partial charge in [0.15, 0.2) is 0 Å². The number of amides is 2. The topological polar surface area (TPSA) is 87.7 Å². The molecule has 1 aromatic carbocycles. The third kappa shape index (κ3) is 4.73. The fourth-order valence-corrected chi connectivity index (χ4v) is 2.92. The van der Waals surface area contributed by atoms with Gasteiger partial charge in [0.05, 0.1) is 6.61 Å². The molecule has 1 aromatic heterocycles. The molecule has 28 heavy (non-hydrogen) atoms. The Morgan fingerprint density at radius 1 is 1.14 bits per heavy atom. The van der Waals surface area contributed by atoms with Crippen LogP contribution in [0.1, 0.15) is 23.2 Å². The summed E-state index contributed by atoms with van der Waals surface area (Å²) in [5, 5.41) is 2.99. The predicted octanol–water partition coefficient (Wildman–Crippen LogP) is 2.58. The number of carbonyl (C=O) groups is 2. The minimum absolute atomic E-state index is 0.240. The Labute approximate surface area is 162 Å². The summed E-state index contributed by atoms with van der Waals surface area (Å²) in [5.74, 6) is 0.226. The first-order valence-electron chi connectivity index (χ1n) is 9.05. The van der Waals surface area contributed by atoms with Crippen molar-refractivity contribution in [3.8, 4) is 0 Å². The number of hydrogen-bond donors (Lipinski definition) is 1. The number of nitrogens with zero attached hydrogens (tertiary/aromatic N) is 4. The molecular formula is C19H22FN5O3. The maximum atomic E-state index is 13.4. The van der Waals surface area contributed by atoms with Gasteiger partial charge >= 0.3 is 6.09 Å². The minimum atomic E-state index is -0.369. The molecule has 0 bridgehead atoms. The zero-order valence-corrected chi connectivity index (χ0v) is 15.8. The molecule has 0 radical (unpaired) electrons. The normalized spacial score (nSPS) is 14.0. The average molecular weight is 387 g/mol. The first-order chi connectivity index (χ1) is 13.5. The quantitative estimate of drug-likeness (QED) is 0.868. The second kappa shape index (κ2) is 8.64. The van der Waals surface area contributed by atoms with Gasteiger partial charge in [0.1, 0.15) is 23.2 Å². The van der Waals surface area contributed by atoms with Crippen molar-refractivity contribution in [2.75, 3.05) is 38.1 Å². The average Bonchev–Trinajstić information content (AvgIpc) is 2.67. The molecule has 0 atom stereocenters. The second-order valence-corrected chi connectivity index (χ2v) is 6.30. The SMILES string of the molecule is CCOC(=O)N1CCN(C(=O)c2cc(Nc3cccc(F)c3)nc(C)n2)CC1. The van der Waals surface area contributed by atoms with E-state index in [2.05, 4.69) is 15.3 Å². The van der Waals surface area contributed by atoms with Crippen molar-refractivity contribution in [1.29, 1.82) is 0 Å². The van der Waals surface area contributed by atoms with Crippen molar-refractivity contribution in [3.05, 3.63) is 47.7 Å². The second-order valence-electron chi connectivity index (χ2n) is 6.30. The molecule has 1 N–H and O–H groups in total. The smallest absolute Gasteiger partial charge is 0.409 e. The molecule has 1 saturated heterocycles. The highest BCUT2D eigenvalue weighted by molar-refractivity contribution is 5.93. The predicted molar refractivity (Wildman–Crippen MR) is 101 cm³/mol. The first kappa shape index (κ1) is 19.5. The molecule has 1 aliphatic heterocycles. The van der Waals surface area contributed by atoms with Crippen LogP contribution in [0.4, 0.5) is 20.7 Å². The number of anilines is 2. The third-order valence-corrected chi connectivity index (χ3v) is 4.25. The van der Waals surface area contributed by atoms with Crippen LogP contribution in [-0.4, -0.2) is 64.6 Å². The van der Waals surface area contributed by atoms with Crippen molar-refractivity contribution < 1.29 is 18.7 Å². The summed E-state index contributed by atoms with van der Waals surface area (Å²) in [4.78, 5) is 36.3. The number of benzene rings is 1. The van der Waals surface area contributed by atoms with Gasteiger partial charge in [-0.15, -0.1) is 0 Å². The number of ether oxygens (including phenoxy) is 1. The Morgan fingerprint density at radius 2 is 1.86 bits per heavy atom. The molecule has 0 aliphatic carbocycles. The lowest BCUT2D eigenvalue weighted by Gasteiger charge is -2.33. The molecule has 0 spiro atoms. The number of rotatable bonds is 4. The summed E-state index contributed by atoms with van der Waals surface area (Å²) in [6, 6.07) is 7.52. The number of aryl methyl sites for hydroxylation is 1. The van der Waals surface area contributed by atoms with Crippen LogP contribution >= 0.6 is 0 Å². The van der Waals surface area contributed by atoms with Crippen molar-refractivity contribution in [2.45, 2.75) is 13.8 Å². The van der Waals surface area contributed by atoms with E-state index in [0.717, 1.165) is 0 Å². The number of piperazine rings is 1. The van der Waals surface area contributed by atoms with Crippen LogP contribution in [0.5, 0.6) is 0 Å². The Balaban J connectivity index is 1.69. The standard InChI is InChI=1S/C19H22FN5O3/c1-3-28-19(27)25-9-7-24(8-10-25)18(26)16-12-17(22-13(2)21-16)23-15-6-4-5-14(20)11-15/h4-6,11-12H,3,7-10H2,1-2H3,(H,21,22,23). The summed E-state index contributed by atoms with van der Waals surface area (Å²) in [6.07, 6.45) is -0.367. The highest BCUT2D eigenvalue weighted by Gasteiger charge is 2.26. The minimum Gasteiger partial charge on any atom is -0.450 e. The molecule has 9 heteroatoms. The van der Waals surface area contributed by atoms with Gasteiger partial charge in [-0.1, -0.05) is 6.07 Å². The van der Waals surface area contributed by atoms with Gasteiger partial charge in [0.2, 0.25) is 0 Å². The van der Waals surface area contributed by atoms with Gasteiger partial charge in [-0.05, 0) is 32.0 Å². The molecule has 2 amide bonds. The van der Waals surface area contributed by atoms with E-state index >= 15 is 0 Å². The van der Waals surface area contributed by atoms with Crippen molar-refractivity contribution in [2.24, 2.45) is 0 Å². The van der Waals surface area contributed by atoms with Crippen molar-refractivity contribution in [1.82, 2.24) is 19.8 Å². The Bertz CT molecular complexity index is 868. The van der Waals surface area contributed by atoms with Crippen LogP contribution in [0.15, 0.2) is 30.3 Å². The molecule has 0 saturated carbocycles. The van der Waals surface area contributed by atoms with Gasteiger partial charge in [-0.2, -0.15) is 0 Å². The van der Waals surface area contributed by atoms with E-state index in [-0.39, 0.29) is 23.5 Å². The van der Waals surface area contributed by atoms with Crippen molar-refractivity contribution in [3.63, 3.8) is 0 Å². The van der Waals surface area contributed by atoms with Crippen LogP contribution in [0.3, 0.4) is 0 Å². The summed E-state index contributed by atoms with van der Waals surface area (Å²) >= 11 is 0. The van der Waals surface area contributed by atoms with Crippen LogP contribution in [0, 0.1) is 12.7 Å². The van der Waals surface area contributed by atoms with Crippen molar-refractivity contribution >= 4 is 23.5 Å². The zero-order valence-electron chi connectivity index (χ0n) is 15.8. The number of nitrogens with one attached hydrogen (secondary N) is 1. The largest absolute Gasteiger partial charge is 0.450 e. The molecule has 3 rings (SSSR count). The summed E-state index contributed by atoms with van der Waals surface area (Å²) in [7, 11) is 0. The van der Waals surface area contributed by atoms with Crippen LogP contribution in [0.2, 0.25) is 0 Å². The summed E-state index contributed by atoms with van der Waals surface area (Å²) < 4.78 is 18.4. The fourth-order valence-electron chi connectivity index (χ4n) is 2.92. The van der Waals surface area contributed by atoms with Gasteiger partial charge in [0, 0.05) is 37.9 Å². The maximum absolute atomic E-state index is 13.4. The van der Waals surface area contributed by atoms with E-state index in [9.17, 15) is 14.0 Å². The summed E-state index contributed by atoms with van der Waals surface area (Å²) in [6.45, 7) is 5.36. The van der Waals surface area contributed by atoms with Gasteiger partial charge in [-0.25, -0.2) is 19.2 Å². The zero-order chi connectivity index (χ0) is 20.1. The molecule has 1 fully saturated rings. The monoisotopic (exact) mass is 387 g/mol. The molecular weight excluding hydrogens is 365 g/mol. The van der Waals surface area contributed by atoms with Crippen LogP contribution in [-0.2, 0) is 4.74 Å². The maximum Gasteiger partial charge on any atom is 0.409 e. The number of carbonyl (C=O) groups excluding carboxylic acids is 2. The van der Waals surface area contributed by atoms with Gasteiger partial charge in [-0.3, -0.25) is 4.79 Å². The molecule has 1 aliphatic rings. The molecule has 2 heterocycles. The highest BCUT2D eigenvalue weighted by Crippen LogP contribution is 2.17. The molecule has 2 aromatic rings. The van der Waals surface area contributed by atoms with Gasteiger partial charge < -0.3 is 19.9 Å². The third-order valence-electron chi connectivity index (χ3n) is 4.25. The van der Waals surface area contributed by atoms with Gasteiger partial charge in [0.25, 0.3) is 5.91 Å². The molecule has 148 valence electrons.